The quantitative estimate of drug-likeness (QED) is 0.686. The van der Waals surface area contributed by atoms with Crippen LogP contribution in [0.25, 0.3) is 10.8 Å². The van der Waals surface area contributed by atoms with Gasteiger partial charge in [0.2, 0.25) is 0 Å². The molecular weight excluding hydrogens is 284 g/mol. The Hall–Kier alpha value is -2.89. The summed E-state index contributed by atoms with van der Waals surface area (Å²) >= 11 is 0. The monoisotopic (exact) mass is 298 g/mol. The maximum Gasteiger partial charge on any atom is 0.337 e. The van der Waals surface area contributed by atoms with E-state index in [1.54, 1.807) is 24.3 Å². The molecule has 0 spiro atoms. The summed E-state index contributed by atoms with van der Waals surface area (Å²) in [5.74, 6) is -1.63. The molecule has 1 heterocycles. The number of rotatable bonds is 3. The molecule has 22 heavy (non-hydrogen) atoms. The smallest absolute Gasteiger partial charge is 0.337 e. The number of anilines is 1. The van der Waals surface area contributed by atoms with E-state index in [9.17, 15) is 14.4 Å². The Bertz CT molecular complexity index is 769. The van der Waals surface area contributed by atoms with Gasteiger partial charge in [0.1, 0.15) is 0 Å². The lowest BCUT2D eigenvalue weighted by molar-refractivity contribution is -0.197. The van der Waals surface area contributed by atoms with Gasteiger partial charge >= 0.3 is 5.97 Å². The van der Waals surface area contributed by atoms with E-state index in [2.05, 4.69) is 0 Å². The molecular formula is C16H14N2O4. The Morgan fingerprint density at radius 3 is 2.41 bits per heavy atom. The van der Waals surface area contributed by atoms with Crippen LogP contribution >= 0.6 is 0 Å². The molecule has 3 rings (SSSR count). The lowest BCUT2D eigenvalue weighted by atomic mass is 10.0. The first kappa shape index (κ1) is 14.1. The minimum atomic E-state index is -0.654. The Morgan fingerprint density at radius 2 is 1.68 bits per heavy atom. The third-order valence-corrected chi connectivity index (χ3v) is 3.58. The van der Waals surface area contributed by atoms with E-state index in [4.69, 9.17) is 10.6 Å². The van der Waals surface area contributed by atoms with Crippen molar-refractivity contribution in [3.63, 3.8) is 0 Å². The van der Waals surface area contributed by atoms with Crippen molar-refractivity contribution >= 4 is 34.2 Å². The predicted molar refractivity (Wildman–Crippen MR) is 79.2 cm³/mol. The highest BCUT2D eigenvalue weighted by Crippen LogP contribution is 2.24. The first-order chi connectivity index (χ1) is 10.6. The molecule has 0 atom stereocenters. The third kappa shape index (κ3) is 2.50. The molecule has 1 saturated heterocycles. The molecule has 0 saturated carbocycles. The first-order valence-electron chi connectivity index (χ1n) is 6.89. The number of amides is 2. The predicted octanol–water partition coefficient (Wildman–Crippen LogP) is 1.57. The highest BCUT2D eigenvalue weighted by molar-refractivity contribution is 6.02. The van der Waals surface area contributed by atoms with Gasteiger partial charge in [-0.05, 0) is 17.0 Å². The summed E-state index contributed by atoms with van der Waals surface area (Å²) in [6.07, 6.45) is 0.117. The SMILES string of the molecule is Nc1cccc2c(CC(=O)ON3C(=O)CCC3=O)cccc12. The van der Waals surface area contributed by atoms with Gasteiger partial charge in [0.05, 0.1) is 6.42 Å². The second-order valence-electron chi connectivity index (χ2n) is 5.08. The summed E-state index contributed by atoms with van der Waals surface area (Å²) in [5.41, 5.74) is 7.26. The van der Waals surface area contributed by atoms with Gasteiger partial charge < -0.3 is 10.6 Å². The molecule has 0 aromatic heterocycles. The maximum absolute atomic E-state index is 12.0. The number of fused-ring (bicyclic) bond motifs is 1. The number of carbonyl (C=O) groups is 3. The Kier molecular flexibility index (Phi) is 3.50. The molecule has 1 aliphatic heterocycles. The van der Waals surface area contributed by atoms with Crippen molar-refractivity contribution in [1.82, 2.24) is 5.06 Å². The molecule has 2 N–H and O–H groups in total. The van der Waals surface area contributed by atoms with Gasteiger partial charge in [-0.1, -0.05) is 30.3 Å². The Morgan fingerprint density at radius 1 is 1.05 bits per heavy atom. The van der Waals surface area contributed by atoms with E-state index >= 15 is 0 Å². The number of hydrogen-bond acceptors (Lipinski definition) is 5. The van der Waals surface area contributed by atoms with Crippen molar-refractivity contribution in [3.8, 4) is 0 Å². The van der Waals surface area contributed by atoms with Crippen molar-refractivity contribution in [2.45, 2.75) is 19.3 Å². The van der Waals surface area contributed by atoms with Gasteiger partial charge in [0.15, 0.2) is 0 Å². The van der Waals surface area contributed by atoms with Crippen LogP contribution in [0.3, 0.4) is 0 Å². The summed E-state index contributed by atoms with van der Waals surface area (Å²) in [7, 11) is 0. The molecule has 0 radical (unpaired) electrons. The van der Waals surface area contributed by atoms with Crippen molar-refractivity contribution in [1.29, 1.82) is 0 Å². The first-order valence-corrected chi connectivity index (χ1v) is 6.89. The number of nitrogens with zero attached hydrogens (tertiary/aromatic N) is 1. The lowest BCUT2D eigenvalue weighted by Gasteiger charge is -2.13. The van der Waals surface area contributed by atoms with Crippen molar-refractivity contribution in [2.24, 2.45) is 0 Å². The zero-order chi connectivity index (χ0) is 15.7. The molecule has 1 aliphatic rings. The molecule has 6 nitrogen and oxygen atoms in total. The van der Waals surface area contributed by atoms with Crippen LogP contribution in [0.4, 0.5) is 5.69 Å². The third-order valence-electron chi connectivity index (χ3n) is 3.58. The van der Waals surface area contributed by atoms with Gasteiger partial charge in [-0.3, -0.25) is 9.59 Å². The fourth-order valence-corrected chi connectivity index (χ4v) is 2.50. The van der Waals surface area contributed by atoms with Crippen LogP contribution < -0.4 is 5.73 Å². The molecule has 6 heteroatoms. The molecule has 0 unspecified atom stereocenters. The summed E-state index contributed by atoms with van der Waals surface area (Å²) in [4.78, 5) is 39.8. The van der Waals surface area contributed by atoms with E-state index in [-0.39, 0.29) is 19.3 Å². The van der Waals surface area contributed by atoms with Gasteiger partial charge in [0, 0.05) is 23.9 Å². The zero-order valence-corrected chi connectivity index (χ0v) is 11.7. The number of hydroxylamine groups is 2. The minimum absolute atomic E-state index is 0.0438. The van der Waals surface area contributed by atoms with E-state index < -0.39 is 17.8 Å². The van der Waals surface area contributed by atoms with Gasteiger partial charge in [-0.2, -0.15) is 0 Å². The van der Waals surface area contributed by atoms with Gasteiger partial charge in [-0.25, -0.2) is 4.79 Å². The largest absolute Gasteiger partial charge is 0.398 e. The van der Waals surface area contributed by atoms with Crippen LogP contribution in [0, 0.1) is 0 Å². The maximum atomic E-state index is 12.0. The average Bonchev–Trinajstić information content (AvgIpc) is 2.80. The average molecular weight is 298 g/mol. The van der Waals surface area contributed by atoms with Crippen LogP contribution in [0.2, 0.25) is 0 Å². The van der Waals surface area contributed by atoms with Crippen molar-refractivity contribution < 1.29 is 19.2 Å². The van der Waals surface area contributed by atoms with E-state index in [1.807, 2.05) is 12.1 Å². The standard InChI is InChI=1S/C16H14N2O4/c17-13-6-2-4-11-10(3-1-5-12(11)13)9-16(21)22-18-14(19)7-8-15(18)20/h1-6H,7-9,17H2. The van der Waals surface area contributed by atoms with E-state index in [0.717, 1.165) is 16.3 Å². The van der Waals surface area contributed by atoms with Crippen molar-refractivity contribution in [3.05, 3.63) is 42.0 Å². The number of benzene rings is 2. The van der Waals surface area contributed by atoms with Gasteiger partial charge in [0.25, 0.3) is 11.8 Å². The highest BCUT2D eigenvalue weighted by atomic mass is 16.7. The number of nitrogens with two attached hydrogens (primary N) is 1. The van der Waals surface area contributed by atoms with Crippen molar-refractivity contribution in [2.75, 3.05) is 5.73 Å². The molecule has 2 aromatic carbocycles. The fourth-order valence-electron chi connectivity index (χ4n) is 2.50. The normalized spacial score (nSPS) is 14.6. The van der Waals surface area contributed by atoms with E-state index in [0.29, 0.717) is 10.8 Å². The number of imide groups is 1. The lowest BCUT2D eigenvalue weighted by Crippen LogP contribution is -2.32. The molecule has 2 amide bonds. The molecule has 1 fully saturated rings. The second-order valence-corrected chi connectivity index (χ2v) is 5.08. The summed E-state index contributed by atoms with van der Waals surface area (Å²) in [6, 6.07) is 10.9. The molecule has 112 valence electrons. The van der Waals surface area contributed by atoms with Crippen LogP contribution in [0.5, 0.6) is 0 Å². The van der Waals surface area contributed by atoms with Crippen LogP contribution in [0.1, 0.15) is 18.4 Å². The summed E-state index contributed by atoms with van der Waals surface area (Å²) < 4.78 is 0. The molecule has 2 aromatic rings. The summed E-state index contributed by atoms with van der Waals surface area (Å²) in [5, 5.41) is 2.25. The summed E-state index contributed by atoms with van der Waals surface area (Å²) in [6.45, 7) is 0. The fraction of sp³-hybridized carbons (Fsp3) is 0.188. The topological polar surface area (TPSA) is 89.7 Å². The zero-order valence-electron chi connectivity index (χ0n) is 11.7. The highest BCUT2D eigenvalue weighted by Gasteiger charge is 2.32. The number of hydrogen-bond donors (Lipinski definition) is 1. The second kappa shape index (κ2) is 5.48. The van der Waals surface area contributed by atoms with Crippen LogP contribution in [-0.2, 0) is 25.6 Å². The minimum Gasteiger partial charge on any atom is -0.398 e. The number of carbonyl (C=O) groups excluding carboxylic acids is 3. The number of nitrogen functional groups attached to an aromatic ring is 1. The van der Waals surface area contributed by atoms with E-state index in [1.165, 1.54) is 0 Å². The Balaban J connectivity index is 1.81. The Labute approximate surface area is 126 Å². The van der Waals surface area contributed by atoms with Gasteiger partial charge in [-0.15, -0.1) is 5.06 Å². The van der Waals surface area contributed by atoms with Crippen LogP contribution in [0.15, 0.2) is 36.4 Å². The van der Waals surface area contributed by atoms with Crippen LogP contribution in [-0.4, -0.2) is 22.8 Å². The molecule has 0 bridgehead atoms. The molecule has 0 aliphatic carbocycles.